The Morgan fingerprint density at radius 3 is 2.55 bits per heavy atom. The van der Waals surface area contributed by atoms with E-state index < -0.39 is 24.2 Å². The number of nitrogens with zero attached hydrogens (tertiary/aromatic N) is 1. The fraction of sp³-hybridized carbons (Fsp3) is 0.586. The first-order valence-corrected chi connectivity index (χ1v) is 14.8. The van der Waals surface area contributed by atoms with E-state index in [1.54, 1.807) is 11.0 Å². The zero-order chi connectivity index (χ0) is 29.7. The number of nitrogens with one attached hydrogen (secondary N) is 1. The van der Waals surface area contributed by atoms with Gasteiger partial charge in [0.2, 0.25) is 11.8 Å². The van der Waals surface area contributed by atoms with Crippen LogP contribution < -0.4 is 14.8 Å². The Kier molecular flexibility index (Phi) is 14.6. The van der Waals surface area contributed by atoms with Crippen molar-refractivity contribution < 1.29 is 38.9 Å². The lowest BCUT2D eigenvalue weighted by molar-refractivity contribution is -0.138. The lowest BCUT2D eigenvalue weighted by Crippen LogP contribution is -2.55. The molecule has 2 amide bonds. The number of carbonyl (C=O) groups is 4. The number of carbonyl (C=O) groups excluding carboxylic acids is 4. The molecule has 2 rings (SSSR count). The third kappa shape index (κ3) is 9.84. The Bertz CT molecular complexity index is 1060. The number of ether oxygens (including phenoxy) is 2. The maximum Gasteiger partial charge on any atom is 0.247 e. The van der Waals surface area contributed by atoms with Crippen molar-refractivity contribution in [1.82, 2.24) is 10.2 Å². The minimum absolute atomic E-state index is 0.00313. The fourth-order valence-electron chi connectivity index (χ4n) is 4.65. The number of hydrogen-bond acceptors (Lipinski definition) is 8. The molecule has 3 N–H and O–H groups in total. The summed E-state index contributed by atoms with van der Waals surface area (Å²) in [4.78, 5) is 50.8. The van der Waals surface area contributed by atoms with Crippen molar-refractivity contribution in [3.8, 4) is 11.5 Å². The zero-order valence-electron chi connectivity index (χ0n) is 23.5. The van der Waals surface area contributed by atoms with Crippen LogP contribution in [0.1, 0.15) is 75.6 Å². The number of rotatable bonds is 17. The van der Waals surface area contributed by atoms with Crippen LogP contribution >= 0.6 is 22.6 Å². The van der Waals surface area contributed by atoms with E-state index in [4.69, 9.17) is 9.47 Å². The summed E-state index contributed by atoms with van der Waals surface area (Å²) in [5, 5.41) is 23.4. The third-order valence-electron chi connectivity index (χ3n) is 6.75. The molecule has 0 fully saturated rings. The maximum absolute atomic E-state index is 13.4. The van der Waals surface area contributed by atoms with Gasteiger partial charge >= 0.3 is 0 Å². The van der Waals surface area contributed by atoms with Crippen molar-refractivity contribution in [3.05, 3.63) is 32.9 Å². The highest BCUT2D eigenvalue weighted by molar-refractivity contribution is 14.1. The molecule has 222 valence electrons. The van der Waals surface area contributed by atoms with Crippen molar-refractivity contribution in [2.75, 3.05) is 26.8 Å². The topological polar surface area (TPSA) is 142 Å². The van der Waals surface area contributed by atoms with Gasteiger partial charge < -0.3 is 34.7 Å². The fourth-order valence-corrected chi connectivity index (χ4v) is 5.41. The Morgan fingerprint density at radius 1 is 1.18 bits per heavy atom. The Labute approximate surface area is 249 Å². The number of aldehydes is 1. The normalized spacial score (nSPS) is 18.4. The molecule has 0 saturated heterocycles. The number of aliphatic hydroxyl groups is 2. The van der Waals surface area contributed by atoms with Gasteiger partial charge in [0, 0.05) is 43.5 Å². The number of benzene rings is 1. The molecule has 1 aromatic rings. The molecular weight excluding hydrogens is 631 g/mol. The molecule has 0 radical (unpaired) electrons. The molecule has 1 aromatic carbocycles. The van der Waals surface area contributed by atoms with Gasteiger partial charge in [-0.25, -0.2) is 0 Å². The Morgan fingerprint density at radius 2 is 1.93 bits per heavy atom. The predicted molar refractivity (Wildman–Crippen MR) is 158 cm³/mol. The summed E-state index contributed by atoms with van der Waals surface area (Å²) in [5.74, 6) is -0.0253. The van der Waals surface area contributed by atoms with Gasteiger partial charge in [0.15, 0.2) is 11.5 Å². The van der Waals surface area contributed by atoms with Crippen molar-refractivity contribution >= 4 is 46.5 Å². The van der Waals surface area contributed by atoms with Crippen molar-refractivity contribution in [2.24, 2.45) is 0 Å². The first-order chi connectivity index (χ1) is 19.2. The van der Waals surface area contributed by atoms with Gasteiger partial charge in [0.1, 0.15) is 24.3 Å². The summed E-state index contributed by atoms with van der Waals surface area (Å²) in [6.07, 6.45) is 4.65. The quantitative estimate of drug-likeness (QED) is 0.130. The Hall–Kier alpha value is -2.51. The summed E-state index contributed by atoms with van der Waals surface area (Å²) in [6, 6.07) is 2.39. The monoisotopic (exact) mass is 672 g/mol. The molecule has 1 aliphatic rings. The van der Waals surface area contributed by atoms with Gasteiger partial charge in [0.05, 0.1) is 23.3 Å². The molecule has 11 heteroatoms. The molecule has 10 nitrogen and oxygen atoms in total. The van der Waals surface area contributed by atoms with Gasteiger partial charge in [-0.15, -0.1) is 0 Å². The van der Waals surface area contributed by atoms with Gasteiger partial charge in [-0.2, -0.15) is 0 Å². The minimum Gasteiger partial charge on any atom is -0.493 e. The van der Waals surface area contributed by atoms with E-state index in [1.807, 2.05) is 22.6 Å². The van der Waals surface area contributed by atoms with Crippen molar-refractivity contribution in [1.29, 1.82) is 0 Å². The zero-order valence-corrected chi connectivity index (χ0v) is 25.6. The molecule has 1 aliphatic carbocycles. The molecule has 3 atom stereocenters. The number of unbranched alkanes of at least 4 members (excludes halogenated alkanes) is 3. The average Bonchev–Trinajstić information content (AvgIpc) is 2.93. The van der Waals surface area contributed by atoms with Gasteiger partial charge in [-0.3, -0.25) is 14.4 Å². The molecular formula is C29H41IN2O8. The third-order valence-corrected chi connectivity index (χ3v) is 7.55. The first kappa shape index (κ1) is 33.7. The van der Waals surface area contributed by atoms with Crippen LogP contribution in [0.3, 0.4) is 0 Å². The van der Waals surface area contributed by atoms with E-state index in [1.165, 1.54) is 26.2 Å². The van der Waals surface area contributed by atoms with Crippen molar-refractivity contribution in [2.45, 2.75) is 83.5 Å². The molecule has 0 bridgehead atoms. The first-order valence-electron chi connectivity index (χ1n) is 13.7. The largest absolute Gasteiger partial charge is 0.493 e. The predicted octanol–water partition coefficient (Wildman–Crippen LogP) is 3.20. The number of Topliss-reactive ketones (excluding diaryl/α,β-unsaturated/α-hetero) is 1. The van der Waals surface area contributed by atoms with Crippen LogP contribution in [0.15, 0.2) is 23.8 Å². The summed E-state index contributed by atoms with van der Waals surface area (Å²) in [6.45, 7) is 3.80. The second-order valence-corrected chi connectivity index (χ2v) is 11.0. The number of aliphatic hydroxyl groups excluding tert-OH is 2. The minimum atomic E-state index is -1.18. The summed E-state index contributed by atoms with van der Waals surface area (Å²) < 4.78 is 12.2. The number of methoxy groups -OCH3 is 1. The second kappa shape index (κ2) is 17.3. The van der Waals surface area contributed by atoms with Crippen LogP contribution in [0.5, 0.6) is 11.5 Å². The van der Waals surface area contributed by atoms with Gasteiger partial charge in [-0.05, 0) is 60.6 Å². The maximum atomic E-state index is 13.4. The van der Waals surface area contributed by atoms with Gasteiger partial charge in [-0.1, -0.05) is 26.2 Å². The number of halogens is 1. The van der Waals surface area contributed by atoms with Crippen LogP contribution in [0, 0.1) is 3.57 Å². The summed E-state index contributed by atoms with van der Waals surface area (Å²) in [7, 11) is 1.44. The van der Waals surface area contributed by atoms with Crippen LogP contribution in [-0.4, -0.2) is 84.1 Å². The molecule has 0 spiro atoms. The highest BCUT2D eigenvalue weighted by Gasteiger charge is 2.40. The highest BCUT2D eigenvalue weighted by Crippen LogP contribution is 2.37. The number of ketones is 1. The standard InChI is InChI=1S/C29H41IN2O8/c1-4-5-6-7-12-32(26(36)10-8-9-19(2)35)23-16-21(29(38)31-11-13-33)17-24(27(23)37)40-28-22(30)14-20(18-34)15-25(28)39-3/h14-15,17-18,23-24,27,33,37H,4-13,16H2,1-3H3,(H,31,38)/t23-,24+,27+/m1/s1. The van der Waals surface area contributed by atoms with E-state index in [9.17, 15) is 29.4 Å². The SMILES string of the molecule is CCCCCCN(C(=O)CCCC(C)=O)[C@@H]1CC(C(=O)NCCO)=C[C@H](Oc2c(I)cc(C=O)cc2OC)[C@H]1O. The van der Waals surface area contributed by atoms with Crippen LogP contribution in [-0.2, 0) is 14.4 Å². The summed E-state index contributed by atoms with van der Waals surface area (Å²) in [5.41, 5.74) is 0.715. The highest BCUT2D eigenvalue weighted by atomic mass is 127. The molecule has 0 heterocycles. The smallest absolute Gasteiger partial charge is 0.247 e. The Balaban J connectivity index is 2.45. The van der Waals surface area contributed by atoms with Gasteiger partial charge in [0.25, 0.3) is 0 Å². The molecule has 0 saturated carbocycles. The van der Waals surface area contributed by atoms with Crippen LogP contribution in [0.2, 0.25) is 0 Å². The average molecular weight is 673 g/mol. The van der Waals surface area contributed by atoms with Crippen LogP contribution in [0.4, 0.5) is 0 Å². The molecule has 0 aliphatic heterocycles. The second-order valence-electron chi connectivity index (χ2n) is 9.87. The van der Waals surface area contributed by atoms with E-state index in [2.05, 4.69) is 12.2 Å². The molecule has 0 aromatic heterocycles. The van der Waals surface area contributed by atoms with E-state index in [0.29, 0.717) is 45.5 Å². The summed E-state index contributed by atoms with van der Waals surface area (Å²) >= 11 is 2.01. The van der Waals surface area contributed by atoms with E-state index in [-0.39, 0.29) is 44.1 Å². The molecule has 40 heavy (non-hydrogen) atoms. The number of amides is 2. The van der Waals surface area contributed by atoms with Crippen LogP contribution in [0.25, 0.3) is 0 Å². The molecule has 0 unspecified atom stereocenters. The van der Waals surface area contributed by atoms with E-state index >= 15 is 0 Å². The van der Waals surface area contributed by atoms with Crippen molar-refractivity contribution in [3.63, 3.8) is 0 Å². The number of hydrogen-bond donors (Lipinski definition) is 3. The lowest BCUT2D eigenvalue weighted by Gasteiger charge is -2.41. The van der Waals surface area contributed by atoms with E-state index in [0.717, 1.165) is 25.7 Å². The lowest BCUT2D eigenvalue weighted by atomic mass is 9.87.